The molecule has 1 aromatic heterocycles. The number of para-hydroxylation sites is 1. The highest BCUT2D eigenvalue weighted by molar-refractivity contribution is 6.05. The molecule has 118 valence electrons. The zero-order chi connectivity index (χ0) is 16.6. The van der Waals surface area contributed by atoms with Crippen LogP contribution in [0.25, 0.3) is 22.0 Å². The topological polar surface area (TPSA) is 12.9 Å². The number of pyridine rings is 1. The van der Waals surface area contributed by atoms with Gasteiger partial charge in [0.2, 0.25) is 0 Å². The second kappa shape index (κ2) is 5.71. The molecular weight excluding hydrogens is 302 g/mol. The van der Waals surface area contributed by atoms with Crippen molar-refractivity contribution < 1.29 is 0 Å². The summed E-state index contributed by atoms with van der Waals surface area (Å²) < 4.78 is 0. The molecule has 0 bridgehead atoms. The Hall–Kier alpha value is -3.19. The minimum absolute atomic E-state index is 0.883. The molecule has 0 N–H and O–H groups in total. The first-order valence-corrected chi connectivity index (χ1v) is 8.63. The second-order valence-electron chi connectivity index (χ2n) is 6.44. The SMILES string of the molecule is c1ccc(C2=C(c3ccccc3)c3cc4ccccc4nc3C2)cc1. The molecule has 0 saturated heterocycles. The number of allylic oxidation sites excluding steroid dienone is 1. The average Bonchev–Trinajstić information content (AvgIpc) is 3.06. The molecule has 0 unspecified atom stereocenters. The van der Waals surface area contributed by atoms with Gasteiger partial charge in [0.25, 0.3) is 0 Å². The summed E-state index contributed by atoms with van der Waals surface area (Å²) in [5.74, 6) is 0. The Morgan fingerprint density at radius 1 is 0.640 bits per heavy atom. The fourth-order valence-electron chi connectivity index (χ4n) is 3.75. The van der Waals surface area contributed by atoms with E-state index in [1.807, 2.05) is 0 Å². The molecule has 4 aromatic rings. The van der Waals surface area contributed by atoms with Crippen molar-refractivity contribution in [1.82, 2.24) is 4.98 Å². The van der Waals surface area contributed by atoms with Crippen molar-refractivity contribution in [3.8, 4) is 0 Å². The van der Waals surface area contributed by atoms with Gasteiger partial charge in [-0.1, -0.05) is 78.9 Å². The maximum absolute atomic E-state index is 4.97. The van der Waals surface area contributed by atoms with E-state index in [9.17, 15) is 0 Å². The number of aromatic nitrogens is 1. The number of fused-ring (bicyclic) bond motifs is 2. The zero-order valence-corrected chi connectivity index (χ0v) is 13.8. The lowest BCUT2D eigenvalue weighted by atomic mass is 9.94. The van der Waals surface area contributed by atoms with Crippen molar-refractivity contribution in [2.24, 2.45) is 0 Å². The Labute approximate surface area is 147 Å². The Kier molecular flexibility index (Phi) is 3.24. The first-order chi connectivity index (χ1) is 12.4. The van der Waals surface area contributed by atoms with E-state index in [0.29, 0.717) is 0 Å². The van der Waals surface area contributed by atoms with Crippen molar-refractivity contribution in [2.45, 2.75) is 6.42 Å². The number of rotatable bonds is 2. The van der Waals surface area contributed by atoms with E-state index in [2.05, 4.69) is 91.0 Å². The third kappa shape index (κ3) is 2.36. The molecule has 3 aromatic carbocycles. The normalized spacial score (nSPS) is 13.3. The lowest BCUT2D eigenvalue weighted by Gasteiger charge is -2.10. The molecule has 1 aliphatic rings. The van der Waals surface area contributed by atoms with Crippen LogP contribution < -0.4 is 0 Å². The third-order valence-corrected chi connectivity index (χ3v) is 4.90. The lowest BCUT2D eigenvalue weighted by Crippen LogP contribution is -1.92. The van der Waals surface area contributed by atoms with Gasteiger partial charge in [0.1, 0.15) is 0 Å². The fraction of sp³-hybridized carbons (Fsp3) is 0.0417. The van der Waals surface area contributed by atoms with E-state index < -0.39 is 0 Å². The van der Waals surface area contributed by atoms with Gasteiger partial charge < -0.3 is 0 Å². The standard InChI is InChI=1S/C24H17N/c1-3-9-17(10-4-1)20-16-23-21(24(20)18-11-5-2-6-12-18)15-19-13-7-8-14-22(19)25-23/h1-15H,16H2. The first kappa shape index (κ1) is 14.2. The molecule has 0 radical (unpaired) electrons. The van der Waals surface area contributed by atoms with Crippen molar-refractivity contribution in [2.75, 3.05) is 0 Å². The van der Waals surface area contributed by atoms with E-state index >= 15 is 0 Å². The quantitative estimate of drug-likeness (QED) is 0.458. The molecule has 1 heterocycles. The number of nitrogens with zero attached hydrogens (tertiary/aromatic N) is 1. The predicted molar refractivity (Wildman–Crippen MR) is 104 cm³/mol. The van der Waals surface area contributed by atoms with E-state index in [1.165, 1.54) is 38.9 Å². The molecule has 1 heteroatoms. The zero-order valence-electron chi connectivity index (χ0n) is 13.8. The summed E-state index contributed by atoms with van der Waals surface area (Å²) in [6.45, 7) is 0. The molecular formula is C24H17N. The predicted octanol–water partition coefficient (Wildman–Crippen LogP) is 5.75. The van der Waals surface area contributed by atoms with Crippen LogP contribution in [0.5, 0.6) is 0 Å². The van der Waals surface area contributed by atoms with Crippen molar-refractivity contribution in [1.29, 1.82) is 0 Å². The summed E-state index contributed by atoms with van der Waals surface area (Å²) in [6.07, 6.45) is 0.883. The van der Waals surface area contributed by atoms with Gasteiger partial charge in [-0.2, -0.15) is 0 Å². The molecule has 0 spiro atoms. The third-order valence-electron chi connectivity index (χ3n) is 4.90. The highest BCUT2D eigenvalue weighted by Crippen LogP contribution is 2.42. The number of hydrogen-bond donors (Lipinski definition) is 0. The molecule has 1 nitrogen and oxygen atoms in total. The molecule has 25 heavy (non-hydrogen) atoms. The summed E-state index contributed by atoms with van der Waals surface area (Å²) in [5.41, 5.74) is 8.74. The van der Waals surface area contributed by atoms with Crippen molar-refractivity contribution in [3.63, 3.8) is 0 Å². The van der Waals surface area contributed by atoms with Crippen LogP contribution in [0.1, 0.15) is 22.4 Å². The van der Waals surface area contributed by atoms with Crippen LogP contribution in [0.2, 0.25) is 0 Å². The molecule has 0 atom stereocenters. The van der Waals surface area contributed by atoms with Crippen molar-refractivity contribution >= 4 is 22.0 Å². The van der Waals surface area contributed by atoms with E-state index in [4.69, 9.17) is 4.98 Å². The van der Waals surface area contributed by atoms with Gasteiger partial charge in [-0.05, 0) is 34.4 Å². The Morgan fingerprint density at radius 3 is 2.04 bits per heavy atom. The van der Waals surface area contributed by atoms with Crippen LogP contribution in [0.15, 0.2) is 91.0 Å². The van der Waals surface area contributed by atoms with Gasteiger partial charge in [0, 0.05) is 17.4 Å². The summed E-state index contributed by atoms with van der Waals surface area (Å²) in [5, 5.41) is 1.20. The van der Waals surface area contributed by atoms with Gasteiger partial charge in [-0.3, -0.25) is 4.98 Å². The van der Waals surface area contributed by atoms with Crippen LogP contribution in [-0.2, 0) is 6.42 Å². The Morgan fingerprint density at radius 2 is 1.28 bits per heavy atom. The average molecular weight is 319 g/mol. The van der Waals surface area contributed by atoms with Gasteiger partial charge in [0.05, 0.1) is 11.2 Å². The van der Waals surface area contributed by atoms with Gasteiger partial charge in [0.15, 0.2) is 0 Å². The Bertz CT molecular complexity index is 1090. The fourth-order valence-corrected chi connectivity index (χ4v) is 3.75. The number of benzene rings is 3. The molecule has 1 aliphatic carbocycles. The smallest absolute Gasteiger partial charge is 0.0705 e. The van der Waals surface area contributed by atoms with Crippen molar-refractivity contribution in [3.05, 3.63) is 113 Å². The summed E-state index contributed by atoms with van der Waals surface area (Å²) >= 11 is 0. The monoisotopic (exact) mass is 319 g/mol. The van der Waals surface area contributed by atoms with Crippen LogP contribution >= 0.6 is 0 Å². The van der Waals surface area contributed by atoms with Gasteiger partial charge >= 0.3 is 0 Å². The highest BCUT2D eigenvalue weighted by atomic mass is 14.7. The first-order valence-electron chi connectivity index (χ1n) is 8.63. The molecule has 0 saturated carbocycles. The van der Waals surface area contributed by atoms with E-state index in [1.54, 1.807) is 0 Å². The van der Waals surface area contributed by atoms with E-state index in [0.717, 1.165) is 11.9 Å². The van der Waals surface area contributed by atoms with Crippen LogP contribution in [-0.4, -0.2) is 4.98 Å². The summed E-state index contributed by atoms with van der Waals surface area (Å²) in [4.78, 5) is 4.97. The van der Waals surface area contributed by atoms with Crippen LogP contribution in [0.3, 0.4) is 0 Å². The lowest BCUT2D eigenvalue weighted by molar-refractivity contribution is 1.17. The van der Waals surface area contributed by atoms with Gasteiger partial charge in [-0.25, -0.2) is 0 Å². The second-order valence-corrected chi connectivity index (χ2v) is 6.44. The summed E-state index contributed by atoms with van der Waals surface area (Å²) in [7, 11) is 0. The Balaban J connectivity index is 1.80. The minimum Gasteiger partial charge on any atom is -0.252 e. The maximum atomic E-state index is 4.97. The molecule has 0 fully saturated rings. The minimum atomic E-state index is 0.883. The molecule has 0 aliphatic heterocycles. The van der Waals surface area contributed by atoms with Crippen LogP contribution in [0.4, 0.5) is 0 Å². The largest absolute Gasteiger partial charge is 0.252 e. The molecule has 0 amide bonds. The van der Waals surface area contributed by atoms with Gasteiger partial charge in [-0.15, -0.1) is 0 Å². The highest BCUT2D eigenvalue weighted by Gasteiger charge is 2.25. The molecule has 5 rings (SSSR count). The maximum Gasteiger partial charge on any atom is 0.0705 e. The summed E-state index contributed by atoms with van der Waals surface area (Å²) in [6, 6.07) is 32.0. The van der Waals surface area contributed by atoms with E-state index in [-0.39, 0.29) is 0 Å². The number of hydrogen-bond acceptors (Lipinski definition) is 1. The van der Waals surface area contributed by atoms with Crippen LogP contribution in [0, 0.1) is 0 Å².